The number of carbonyl (C=O) groups excluding carboxylic acids is 1. The number of hydrogen-bond acceptors (Lipinski definition) is 1. The second-order valence-corrected chi connectivity index (χ2v) is 9.52. The molecule has 0 aliphatic heterocycles. The highest BCUT2D eigenvalue weighted by Gasteiger charge is 2.01. The molecule has 0 rings (SSSR count). The van der Waals surface area contributed by atoms with Crippen molar-refractivity contribution in [3.8, 4) is 0 Å². The van der Waals surface area contributed by atoms with Gasteiger partial charge in [0.05, 0.1) is 0 Å². The highest BCUT2D eigenvalue weighted by molar-refractivity contribution is 5.75. The number of nitrogens with one attached hydrogen (secondary N) is 1. The lowest BCUT2D eigenvalue weighted by Crippen LogP contribution is -2.23. The zero-order valence-corrected chi connectivity index (χ0v) is 21.1. The molecule has 0 radical (unpaired) electrons. The summed E-state index contributed by atoms with van der Waals surface area (Å²) in [5.41, 5.74) is 0. The summed E-state index contributed by atoms with van der Waals surface area (Å²) in [7, 11) is 0. The van der Waals surface area contributed by atoms with E-state index in [1.165, 1.54) is 135 Å². The zero-order chi connectivity index (χ0) is 22.0. The van der Waals surface area contributed by atoms with E-state index in [2.05, 4.69) is 19.2 Å². The van der Waals surface area contributed by atoms with Gasteiger partial charge in [-0.25, -0.2) is 0 Å². The van der Waals surface area contributed by atoms with E-state index in [1.807, 2.05) is 0 Å². The third-order valence-electron chi connectivity index (χ3n) is 6.36. The molecule has 180 valence electrons. The molecule has 0 heterocycles. The topological polar surface area (TPSA) is 29.1 Å². The summed E-state index contributed by atoms with van der Waals surface area (Å²) < 4.78 is 0. The third-order valence-corrected chi connectivity index (χ3v) is 6.36. The molecule has 0 atom stereocenters. The summed E-state index contributed by atoms with van der Waals surface area (Å²) in [4.78, 5) is 11.9. The standard InChI is InChI=1S/C28H57NO/c1-3-5-7-9-11-13-14-15-16-17-19-21-23-25-27-29-28(30)26-24-22-20-18-12-10-8-6-4-2/h3-27H2,1-2H3,(H,29,30). The number of unbranched alkanes of at least 4 members (excludes halogenated alkanes) is 21. The average Bonchev–Trinajstić information content (AvgIpc) is 2.75. The van der Waals surface area contributed by atoms with Crippen molar-refractivity contribution in [2.75, 3.05) is 6.54 Å². The van der Waals surface area contributed by atoms with E-state index < -0.39 is 0 Å². The van der Waals surface area contributed by atoms with E-state index in [0.717, 1.165) is 25.8 Å². The Morgan fingerprint density at radius 3 is 1.10 bits per heavy atom. The summed E-state index contributed by atoms with van der Waals surface area (Å²) in [6, 6.07) is 0. The molecule has 0 aromatic rings. The first kappa shape index (κ1) is 29.5. The molecule has 0 aromatic carbocycles. The van der Waals surface area contributed by atoms with Gasteiger partial charge in [-0.05, 0) is 12.8 Å². The Morgan fingerprint density at radius 2 is 0.733 bits per heavy atom. The minimum absolute atomic E-state index is 0.271. The lowest BCUT2D eigenvalue weighted by atomic mass is 10.0. The quantitative estimate of drug-likeness (QED) is 0.145. The van der Waals surface area contributed by atoms with E-state index >= 15 is 0 Å². The Labute approximate surface area is 190 Å². The molecule has 0 bridgehead atoms. The van der Waals surface area contributed by atoms with Crippen LogP contribution in [0, 0.1) is 0 Å². The van der Waals surface area contributed by atoms with E-state index in [0.29, 0.717) is 0 Å². The van der Waals surface area contributed by atoms with Gasteiger partial charge in [-0.1, -0.05) is 149 Å². The SMILES string of the molecule is CCCCCCCCCCCCCCCCNC(=O)CCCCCCCCCCC. The van der Waals surface area contributed by atoms with Crippen LogP contribution in [0.2, 0.25) is 0 Å². The Balaban J connectivity index is 3.12. The molecule has 1 amide bonds. The van der Waals surface area contributed by atoms with Crippen LogP contribution >= 0.6 is 0 Å². The Morgan fingerprint density at radius 1 is 0.433 bits per heavy atom. The average molecular weight is 424 g/mol. The van der Waals surface area contributed by atoms with Gasteiger partial charge in [-0.3, -0.25) is 4.79 Å². The van der Waals surface area contributed by atoms with E-state index in [9.17, 15) is 4.79 Å². The van der Waals surface area contributed by atoms with Gasteiger partial charge in [0, 0.05) is 13.0 Å². The number of carbonyl (C=O) groups is 1. The Kier molecular flexibility index (Phi) is 26.0. The molecule has 0 unspecified atom stereocenters. The fourth-order valence-corrected chi connectivity index (χ4v) is 4.23. The molecular weight excluding hydrogens is 366 g/mol. The molecule has 0 aliphatic carbocycles. The van der Waals surface area contributed by atoms with Gasteiger partial charge in [-0.15, -0.1) is 0 Å². The largest absolute Gasteiger partial charge is 0.356 e. The van der Waals surface area contributed by atoms with Crippen LogP contribution in [0.5, 0.6) is 0 Å². The number of amides is 1. The maximum absolute atomic E-state index is 11.9. The predicted octanol–water partition coefficient (Wildman–Crippen LogP) is 9.50. The van der Waals surface area contributed by atoms with Crippen LogP contribution in [-0.2, 0) is 4.79 Å². The third kappa shape index (κ3) is 25.5. The van der Waals surface area contributed by atoms with Crippen molar-refractivity contribution >= 4 is 5.91 Å². The van der Waals surface area contributed by atoms with Crippen LogP contribution < -0.4 is 5.32 Å². The second kappa shape index (κ2) is 26.5. The predicted molar refractivity (Wildman–Crippen MR) is 135 cm³/mol. The summed E-state index contributed by atoms with van der Waals surface area (Å²) in [6.45, 7) is 5.44. The first-order chi connectivity index (χ1) is 14.8. The molecule has 0 fully saturated rings. The molecule has 0 saturated heterocycles. The molecule has 2 nitrogen and oxygen atoms in total. The molecule has 1 N–H and O–H groups in total. The van der Waals surface area contributed by atoms with Crippen molar-refractivity contribution in [1.82, 2.24) is 5.32 Å². The van der Waals surface area contributed by atoms with Crippen LogP contribution in [0.15, 0.2) is 0 Å². The summed E-state index contributed by atoms with van der Waals surface area (Å²) >= 11 is 0. The Bertz CT molecular complexity index is 329. The van der Waals surface area contributed by atoms with Gasteiger partial charge in [0.2, 0.25) is 5.91 Å². The van der Waals surface area contributed by atoms with E-state index in [-0.39, 0.29) is 5.91 Å². The zero-order valence-electron chi connectivity index (χ0n) is 21.1. The molecule has 0 aromatic heterocycles. The monoisotopic (exact) mass is 423 g/mol. The van der Waals surface area contributed by atoms with Gasteiger partial charge >= 0.3 is 0 Å². The second-order valence-electron chi connectivity index (χ2n) is 9.52. The van der Waals surface area contributed by atoms with Gasteiger partial charge in [0.15, 0.2) is 0 Å². The van der Waals surface area contributed by atoms with Crippen molar-refractivity contribution in [2.24, 2.45) is 0 Å². The first-order valence-corrected chi connectivity index (χ1v) is 14.1. The minimum atomic E-state index is 0.271. The van der Waals surface area contributed by atoms with Crippen LogP contribution in [0.3, 0.4) is 0 Å². The van der Waals surface area contributed by atoms with Crippen molar-refractivity contribution in [1.29, 1.82) is 0 Å². The van der Waals surface area contributed by atoms with Crippen LogP contribution in [0.1, 0.15) is 168 Å². The molecule has 0 spiro atoms. The fraction of sp³-hybridized carbons (Fsp3) is 0.964. The van der Waals surface area contributed by atoms with Crippen LogP contribution in [-0.4, -0.2) is 12.5 Å². The molecule has 30 heavy (non-hydrogen) atoms. The van der Waals surface area contributed by atoms with Crippen molar-refractivity contribution in [3.05, 3.63) is 0 Å². The normalized spacial score (nSPS) is 11.1. The maximum atomic E-state index is 11.9. The van der Waals surface area contributed by atoms with Crippen molar-refractivity contribution < 1.29 is 4.79 Å². The lowest BCUT2D eigenvalue weighted by molar-refractivity contribution is -0.121. The molecular formula is C28H57NO. The highest BCUT2D eigenvalue weighted by Crippen LogP contribution is 2.13. The molecule has 0 aliphatic rings. The number of hydrogen-bond donors (Lipinski definition) is 1. The summed E-state index contributed by atoms with van der Waals surface area (Å²) in [5.74, 6) is 0.271. The summed E-state index contributed by atoms with van der Waals surface area (Å²) in [5, 5.41) is 3.11. The van der Waals surface area contributed by atoms with Crippen molar-refractivity contribution in [3.63, 3.8) is 0 Å². The summed E-state index contributed by atoms with van der Waals surface area (Å²) in [6.07, 6.45) is 32.0. The van der Waals surface area contributed by atoms with E-state index in [1.54, 1.807) is 0 Å². The van der Waals surface area contributed by atoms with Gasteiger partial charge in [-0.2, -0.15) is 0 Å². The van der Waals surface area contributed by atoms with Crippen LogP contribution in [0.25, 0.3) is 0 Å². The lowest BCUT2D eigenvalue weighted by Gasteiger charge is -2.06. The molecule has 2 heteroatoms. The number of rotatable bonds is 25. The maximum Gasteiger partial charge on any atom is 0.219 e. The van der Waals surface area contributed by atoms with Crippen LogP contribution in [0.4, 0.5) is 0 Å². The smallest absolute Gasteiger partial charge is 0.219 e. The Hall–Kier alpha value is -0.530. The fourth-order valence-electron chi connectivity index (χ4n) is 4.23. The highest BCUT2D eigenvalue weighted by atomic mass is 16.1. The molecule has 0 saturated carbocycles. The van der Waals surface area contributed by atoms with Gasteiger partial charge in [0.1, 0.15) is 0 Å². The minimum Gasteiger partial charge on any atom is -0.356 e. The first-order valence-electron chi connectivity index (χ1n) is 14.1. The van der Waals surface area contributed by atoms with E-state index in [4.69, 9.17) is 0 Å². The van der Waals surface area contributed by atoms with Gasteiger partial charge in [0.25, 0.3) is 0 Å². The van der Waals surface area contributed by atoms with Gasteiger partial charge < -0.3 is 5.32 Å². The van der Waals surface area contributed by atoms with Crippen molar-refractivity contribution in [2.45, 2.75) is 168 Å².